The number of methoxy groups -OCH3 is 1. The van der Waals surface area contributed by atoms with E-state index in [-0.39, 0.29) is 38.7 Å². The van der Waals surface area contributed by atoms with Crippen LogP contribution in [0, 0.1) is 0 Å². The number of fused-ring (bicyclic) bond motifs is 3. The molecule has 2 unspecified atom stereocenters. The number of morpholine rings is 1. The second-order valence-electron chi connectivity index (χ2n) is 8.34. The lowest BCUT2D eigenvalue weighted by Crippen LogP contribution is -2.57. The molecule has 0 aromatic heterocycles. The zero-order chi connectivity index (χ0) is 24.1. The summed E-state index contributed by atoms with van der Waals surface area (Å²) >= 11 is 0. The molecule has 0 saturated carbocycles. The van der Waals surface area contributed by atoms with Gasteiger partial charge in [0, 0.05) is 19.6 Å². The van der Waals surface area contributed by atoms with Gasteiger partial charge in [-0.1, -0.05) is 48.5 Å². The van der Waals surface area contributed by atoms with Crippen LogP contribution in [0.5, 0.6) is 0 Å². The van der Waals surface area contributed by atoms with Crippen molar-refractivity contribution in [3.63, 3.8) is 0 Å². The van der Waals surface area contributed by atoms with E-state index in [0.717, 1.165) is 22.3 Å². The van der Waals surface area contributed by atoms with Crippen molar-refractivity contribution in [2.75, 3.05) is 40.1 Å². The van der Waals surface area contributed by atoms with Gasteiger partial charge < -0.3 is 29.5 Å². The number of carboxylic acids is 1. The predicted molar refractivity (Wildman–Crippen MR) is 122 cm³/mol. The maximum Gasteiger partial charge on any atom is 0.407 e. The number of ether oxygens (including phenoxy) is 3. The maximum atomic E-state index is 13.1. The molecule has 1 heterocycles. The first-order valence-electron chi connectivity index (χ1n) is 11.2. The normalized spacial score (nSPS) is 18.0. The van der Waals surface area contributed by atoms with E-state index in [1.54, 1.807) is 0 Å². The van der Waals surface area contributed by atoms with E-state index in [0.29, 0.717) is 6.61 Å². The van der Waals surface area contributed by atoms with E-state index >= 15 is 0 Å². The number of carboxylic acid groups (broad SMARTS) is 1. The lowest BCUT2D eigenvalue weighted by atomic mass is 9.98. The van der Waals surface area contributed by atoms with Crippen molar-refractivity contribution in [2.24, 2.45) is 0 Å². The largest absolute Gasteiger partial charge is 0.481 e. The van der Waals surface area contributed by atoms with Crippen LogP contribution in [0.2, 0.25) is 0 Å². The van der Waals surface area contributed by atoms with E-state index in [2.05, 4.69) is 17.4 Å². The summed E-state index contributed by atoms with van der Waals surface area (Å²) in [5.41, 5.74) is 4.42. The topological polar surface area (TPSA) is 114 Å². The molecule has 9 nitrogen and oxygen atoms in total. The monoisotopic (exact) mass is 468 g/mol. The Morgan fingerprint density at radius 2 is 1.76 bits per heavy atom. The van der Waals surface area contributed by atoms with Crippen molar-refractivity contribution in [3.8, 4) is 11.1 Å². The summed E-state index contributed by atoms with van der Waals surface area (Å²) in [6, 6.07) is 14.4. The van der Waals surface area contributed by atoms with Crippen LogP contribution in [-0.4, -0.2) is 80.1 Å². The van der Waals surface area contributed by atoms with Crippen LogP contribution >= 0.6 is 0 Å². The quantitative estimate of drug-likeness (QED) is 0.611. The summed E-state index contributed by atoms with van der Waals surface area (Å²) in [5, 5.41) is 11.8. The highest BCUT2D eigenvalue weighted by Gasteiger charge is 2.35. The minimum atomic E-state index is -1.03. The molecular weight excluding hydrogens is 440 g/mol. The number of hydrogen-bond donors (Lipinski definition) is 2. The minimum Gasteiger partial charge on any atom is -0.481 e. The van der Waals surface area contributed by atoms with Crippen molar-refractivity contribution in [2.45, 2.75) is 24.4 Å². The lowest BCUT2D eigenvalue weighted by molar-refractivity contribution is -0.148. The van der Waals surface area contributed by atoms with E-state index in [9.17, 15) is 14.4 Å². The van der Waals surface area contributed by atoms with Crippen LogP contribution in [0.3, 0.4) is 0 Å². The van der Waals surface area contributed by atoms with Crippen LogP contribution < -0.4 is 5.32 Å². The molecule has 2 N–H and O–H groups in total. The molecule has 0 spiro atoms. The fraction of sp³-hybridized carbons (Fsp3) is 0.400. The highest BCUT2D eigenvalue weighted by molar-refractivity contribution is 5.86. The number of amides is 2. The number of carbonyl (C=O) groups is 3. The number of aliphatic carboxylic acids is 1. The molecule has 1 aliphatic heterocycles. The summed E-state index contributed by atoms with van der Waals surface area (Å²) in [4.78, 5) is 38.4. The van der Waals surface area contributed by atoms with Gasteiger partial charge in [0.1, 0.15) is 12.6 Å². The summed E-state index contributed by atoms with van der Waals surface area (Å²) in [6.07, 6.45) is -0.976. The van der Waals surface area contributed by atoms with Gasteiger partial charge in [0.05, 0.1) is 32.3 Å². The minimum absolute atomic E-state index is 0.0693. The fourth-order valence-electron chi connectivity index (χ4n) is 4.64. The zero-order valence-electron chi connectivity index (χ0n) is 18.9. The summed E-state index contributed by atoms with van der Waals surface area (Å²) in [5.74, 6) is -1.56. The Morgan fingerprint density at radius 1 is 1.12 bits per heavy atom. The van der Waals surface area contributed by atoms with Crippen molar-refractivity contribution < 1.29 is 33.7 Å². The second-order valence-corrected chi connectivity index (χ2v) is 8.34. The zero-order valence-corrected chi connectivity index (χ0v) is 18.9. The van der Waals surface area contributed by atoms with Crippen molar-refractivity contribution in [1.82, 2.24) is 10.2 Å². The molecule has 1 saturated heterocycles. The summed E-state index contributed by atoms with van der Waals surface area (Å²) in [6.45, 7) is 0.714. The molecular formula is C25H28N2O7. The molecule has 1 fully saturated rings. The molecule has 2 aromatic carbocycles. The first kappa shape index (κ1) is 23.7. The number of hydrogen-bond acceptors (Lipinski definition) is 6. The Balaban J connectivity index is 1.42. The fourth-order valence-corrected chi connectivity index (χ4v) is 4.64. The first-order valence-corrected chi connectivity index (χ1v) is 11.2. The van der Waals surface area contributed by atoms with Crippen molar-refractivity contribution in [3.05, 3.63) is 59.7 Å². The molecule has 2 aliphatic rings. The maximum absolute atomic E-state index is 13.1. The first-order chi connectivity index (χ1) is 16.5. The van der Waals surface area contributed by atoms with Crippen molar-refractivity contribution >= 4 is 18.0 Å². The van der Waals surface area contributed by atoms with Gasteiger partial charge in [0.15, 0.2) is 0 Å². The number of nitrogens with zero attached hydrogens (tertiary/aromatic N) is 1. The second kappa shape index (κ2) is 10.7. The Morgan fingerprint density at radius 3 is 2.38 bits per heavy atom. The summed E-state index contributed by atoms with van der Waals surface area (Å²) < 4.78 is 16.0. The highest BCUT2D eigenvalue weighted by Crippen LogP contribution is 2.44. The molecule has 2 amide bonds. The van der Waals surface area contributed by atoms with Gasteiger partial charge in [0.25, 0.3) is 0 Å². The summed E-state index contributed by atoms with van der Waals surface area (Å²) in [7, 11) is 1.42. The molecule has 2 aromatic rings. The third-order valence-electron chi connectivity index (χ3n) is 6.19. The average Bonchev–Trinajstić information content (AvgIpc) is 3.16. The Bertz CT molecular complexity index is 1010. The molecule has 34 heavy (non-hydrogen) atoms. The smallest absolute Gasteiger partial charge is 0.407 e. The SMILES string of the molecule is COCC(NC(=O)OCC1c2ccccc2-c2ccccc21)C(=O)N1CCOCC1CC(=O)O. The van der Waals surface area contributed by atoms with Crippen LogP contribution in [0.4, 0.5) is 4.79 Å². The Kier molecular flexibility index (Phi) is 7.44. The van der Waals surface area contributed by atoms with Gasteiger partial charge in [-0.05, 0) is 22.3 Å². The lowest BCUT2D eigenvalue weighted by Gasteiger charge is -2.36. The predicted octanol–water partition coefficient (Wildman–Crippen LogP) is 2.24. The van der Waals surface area contributed by atoms with Crippen LogP contribution in [0.1, 0.15) is 23.5 Å². The number of rotatable bonds is 8. The molecule has 0 radical (unpaired) electrons. The molecule has 4 rings (SSSR count). The molecule has 9 heteroatoms. The van der Waals surface area contributed by atoms with Gasteiger partial charge in [0.2, 0.25) is 5.91 Å². The van der Waals surface area contributed by atoms with Crippen LogP contribution in [0.25, 0.3) is 11.1 Å². The molecule has 180 valence electrons. The van der Waals surface area contributed by atoms with Gasteiger partial charge in [-0.3, -0.25) is 9.59 Å². The van der Waals surface area contributed by atoms with E-state index in [1.165, 1.54) is 12.0 Å². The van der Waals surface area contributed by atoms with E-state index in [4.69, 9.17) is 19.3 Å². The van der Waals surface area contributed by atoms with E-state index < -0.39 is 30.1 Å². The Labute approximate surface area is 197 Å². The van der Waals surface area contributed by atoms with Gasteiger partial charge >= 0.3 is 12.1 Å². The van der Waals surface area contributed by atoms with Gasteiger partial charge in [-0.15, -0.1) is 0 Å². The third kappa shape index (κ3) is 5.05. The molecule has 1 aliphatic carbocycles. The number of alkyl carbamates (subject to hydrolysis) is 1. The highest BCUT2D eigenvalue weighted by atomic mass is 16.5. The van der Waals surface area contributed by atoms with Crippen LogP contribution in [0.15, 0.2) is 48.5 Å². The van der Waals surface area contributed by atoms with Crippen molar-refractivity contribution in [1.29, 1.82) is 0 Å². The number of carbonyl (C=O) groups excluding carboxylic acids is 2. The van der Waals surface area contributed by atoms with Gasteiger partial charge in [-0.2, -0.15) is 0 Å². The van der Waals surface area contributed by atoms with E-state index in [1.807, 2.05) is 36.4 Å². The average molecular weight is 469 g/mol. The number of nitrogens with one attached hydrogen (secondary N) is 1. The molecule has 0 bridgehead atoms. The Hall–Kier alpha value is -3.43. The number of benzene rings is 2. The third-order valence-corrected chi connectivity index (χ3v) is 6.19. The van der Waals surface area contributed by atoms with Gasteiger partial charge in [-0.25, -0.2) is 4.79 Å². The van der Waals surface area contributed by atoms with Crippen LogP contribution in [-0.2, 0) is 23.8 Å². The molecule has 2 atom stereocenters. The standard InChI is InChI=1S/C25H28N2O7/c1-32-15-22(24(30)27-10-11-33-13-16(27)12-23(28)29)26-25(31)34-14-21-19-8-4-2-6-17(19)18-7-3-5-9-20(18)21/h2-9,16,21-22H,10-15H2,1H3,(H,26,31)(H,28,29).